The van der Waals surface area contributed by atoms with Crippen LogP contribution in [-0.4, -0.2) is 28.3 Å². The van der Waals surface area contributed by atoms with Crippen molar-refractivity contribution in [3.05, 3.63) is 11.1 Å². The average Bonchev–Trinajstić information content (AvgIpc) is 2.49. The number of aliphatic hydroxyl groups excluding tert-OH is 1. The molecular weight excluding hydrogens is 228 g/mol. The van der Waals surface area contributed by atoms with Crippen LogP contribution in [0.2, 0.25) is 0 Å². The van der Waals surface area contributed by atoms with Crippen molar-refractivity contribution in [1.82, 2.24) is 10.3 Å². The SMILES string of the molecule is CC(C)(C)NC(=O)Oc1nc(CCO)cs1. The Bertz CT molecular complexity index is 357. The minimum absolute atomic E-state index is 0.0390. The highest BCUT2D eigenvalue weighted by Crippen LogP contribution is 2.18. The molecule has 0 spiro atoms. The third-order valence-electron chi connectivity index (χ3n) is 1.56. The standard InChI is InChI=1S/C10H16N2O3S/c1-10(2,3)12-8(14)15-9-11-7(4-5-13)6-16-9/h6,13H,4-5H2,1-3H3,(H,12,14). The number of aliphatic hydroxyl groups is 1. The summed E-state index contributed by atoms with van der Waals surface area (Å²) in [5, 5.41) is 13.4. The lowest BCUT2D eigenvalue weighted by molar-refractivity contribution is 0.190. The van der Waals surface area contributed by atoms with Crippen LogP contribution in [0.3, 0.4) is 0 Å². The van der Waals surface area contributed by atoms with Crippen molar-refractivity contribution in [1.29, 1.82) is 0 Å². The van der Waals surface area contributed by atoms with Crippen LogP contribution in [0.1, 0.15) is 26.5 Å². The molecule has 90 valence electrons. The van der Waals surface area contributed by atoms with Crippen molar-refractivity contribution < 1.29 is 14.6 Å². The van der Waals surface area contributed by atoms with E-state index in [1.165, 1.54) is 11.3 Å². The van der Waals surface area contributed by atoms with Crippen molar-refractivity contribution in [3.8, 4) is 5.19 Å². The summed E-state index contributed by atoms with van der Waals surface area (Å²) >= 11 is 1.24. The molecule has 0 saturated carbocycles. The van der Waals surface area contributed by atoms with E-state index in [1.54, 1.807) is 5.38 Å². The number of nitrogens with zero attached hydrogens (tertiary/aromatic N) is 1. The number of thiazole rings is 1. The van der Waals surface area contributed by atoms with E-state index in [0.29, 0.717) is 11.6 Å². The molecule has 1 aromatic rings. The molecular formula is C10H16N2O3S. The van der Waals surface area contributed by atoms with E-state index >= 15 is 0 Å². The van der Waals surface area contributed by atoms with E-state index in [0.717, 1.165) is 5.69 Å². The molecule has 0 radical (unpaired) electrons. The van der Waals surface area contributed by atoms with Gasteiger partial charge in [0, 0.05) is 23.9 Å². The number of aromatic nitrogens is 1. The first-order valence-corrected chi connectivity index (χ1v) is 5.84. The first-order valence-electron chi connectivity index (χ1n) is 4.96. The van der Waals surface area contributed by atoms with Gasteiger partial charge in [-0.15, -0.1) is 0 Å². The van der Waals surface area contributed by atoms with Crippen LogP contribution in [0.4, 0.5) is 4.79 Å². The van der Waals surface area contributed by atoms with Crippen molar-refractivity contribution in [3.63, 3.8) is 0 Å². The Labute approximate surface area is 98.5 Å². The Morgan fingerprint density at radius 2 is 2.31 bits per heavy atom. The van der Waals surface area contributed by atoms with Crippen LogP contribution in [0.25, 0.3) is 0 Å². The lowest BCUT2D eigenvalue weighted by Crippen LogP contribution is -2.42. The van der Waals surface area contributed by atoms with E-state index in [-0.39, 0.29) is 12.1 Å². The molecule has 1 rings (SSSR count). The Kier molecular flexibility index (Phi) is 4.26. The number of hydrogen-bond acceptors (Lipinski definition) is 5. The summed E-state index contributed by atoms with van der Waals surface area (Å²) in [4.78, 5) is 15.4. The fourth-order valence-corrected chi connectivity index (χ4v) is 1.68. The maximum absolute atomic E-state index is 11.4. The van der Waals surface area contributed by atoms with Crippen LogP contribution >= 0.6 is 11.3 Å². The second kappa shape index (κ2) is 5.27. The Balaban J connectivity index is 2.50. The Morgan fingerprint density at radius 1 is 1.62 bits per heavy atom. The van der Waals surface area contributed by atoms with Crippen LogP contribution in [0.5, 0.6) is 5.19 Å². The molecule has 0 aliphatic carbocycles. The van der Waals surface area contributed by atoms with E-state index in [2.05, 4.69) is 10.3 Å². The monoisotopic (exact) mass is 244 g/mol. The van der Waals surface area contributed by atoms with Gasteiger partial charge in [0.1, 0.15) is 0 Å². The van der Waals surface area contributed by atoms with E-state index in [9.17, 15) is 4.79 Å². The van der Waals surface area contributed by atoms with Gasteiger partial charge in [0.15, 0.2) is 0 Å². The van der Waals surface area contributed by atoms with Crippen LogP contribution in [-0.2, 0) is 6.42 Å². The zero-order valence-electron chi connectivity index (χ0n) is 9.61. The topological polar surface area (TPSA) is 71.5 Å². The quantitative estimate of drug-likeness (QED) is 0.846. The number of ether oxygens (including phenoxy) is 1. The molecule has 0 saturated heterocycles. The van der Waals surface area contributed by atoms with Crippen molar-refractivity contribution in [2.75, 3.05) is 6.61 Å². The molecule has 5 nitrogen and oxygen atoms in total. The Morgan fingerprint density at radius 3 is 2.88 bits per heavy atom. The number of hydrogen-bond donors (Lipinski definition) is 2. The maximum Gasteiger partial charge on any atom is 0.414 e. The lowest BCUT2D eigenvalue weighted by Gasteiger charge is -2.18. The zero-order chi connectivity index (χ0) is 12.2. The van der Waals surface area contributed by atoms with Crippen LogP contribution in [0, 0.1) is 0 Å². The van der Waals surface area contributed by atoms with Crippen molar-refractivity contribution in [2.24, 2.45) is 0 Å². The predicted molar refractivity (Wildman–Crippen MR) is 61.8 cm³/mol. The van der Waals surface area contributed by atoms with Gasteiger partial charge in [-0.2, -0.15) is 0 Å². The molecule has 0 aliphatic heterocycles. The normalized spacial score (nSPS) is 11.2. The van der Waals surface area contributed by atoms with Gasteiger partial charge in [-0.05, 0) is 20.8 Å². The van der Waals surface area contributed by atoms with Gasteiger partial charge in [0.25, 0.3) is 5.19 Å². The summed E-state index contributed by atoms with van der Waals surface area (Å²) in [6.07, 6.45) is -0.0433. The van der Waals surface area contributed by atoms with E-state index in [1.807, 2.05) is 20.8 Å². The van der Waals surface area contributed by atoms with Gasteiger partial charge >= 0.3 is 6.09 Å². The maximum atomic E-state index is 11.4. The second-order valence-electron chi connectivity index (χ2n) is 4.34. The molecule has 2 N–H and O–H groups in total. The fraction of sp³-hybridized carbons (Fsp3) is 0.600. The number of amides is 1. The highest BCUT2D eigenvalue weighted by atomic mass is 32.1. The third-order valence-corrected chi connectivity index (χ3v) is 2.32. The number of rotatable bonds is 3. The molecule has 1 amide bonds. The number of carbonyl (C=O) groups excluding carboxylic acids is 1. The van der Waals surface area contributed by atoms with Crippen molar-refractivity contribution >= 4 is 17.4 Å². The summed E-state index contributed by atoms with van der Waals surface area (Å²) in [5.74, 6) is 0. The molecule has 1 aromatic heterocycles. The number of nitrogens with one attached hydrogen (secondary N) is 1. The molecule has 0 fully saturated rings. The minimum atomic E-state index is -0.516. The zero-order valence-corrected chi connectivity index (χ0v) is 10.4. The third kappa shape index (κ3) is 4.59. The summed E-state index contributed by atoms with van der Waals surface area (Å²) in [6, 6.07) is 0. The molecule has 1 heterocycles. The average molecular weight is 244 g/mol. The Hall–Kier alpha value is -1.14. The molecule has 0 aromatic carbocycles. The van der Waals surface area contributed by atoms with Gasteiger partial charge in [-0.3, -0.25) is 0 Å². The highest BCUT2D eigenvalue weighted by molar-refractivity contribution is 7.11. The summed E-state index contributed by atoms with van der Waals surface area (Å²) in [5.41, 5.74) is 0.397. The number of carbonyl (C=O) groups is 1. The lowest BCUT2D eigenvalue weighted by atomic mass is 10.1. The summed E-state index contributed by atoms with van der Waals surface area (Å²) in [7, 11) is 0. The first-order chi connectivity index (χ1) is 7.40. The summed E-state index contributed by atoms with van der Waals surface area (Å²) in [6.45, 7) is 5.64. The van der Waals surface area contributed by atoms with Crippen molar-refractivity contribution in [2.45, 2.75) is 32.7 Å². The van der Waals surface area contributed by atoms with E-state index < -0.39 is 6.09 Å². The molecule has 16 heavy (non-hydrogen) atoms. The fourth-order valence-electron chi connectivity index (χ4n) is 0.976. The largest absolute Gasteiger partial charge is 0.414 e. The molecule has 0 bridgehead atoms. The van der Waals surface area contributed by atoms with Gasteiger partial charge in [-0.1, -0.05) is 11.3 Å². The van der Waals surface area contributed by atoms with Gasteiger partial charge in [0.2, 0.25) is 0 Å². The first kappa shape index (κ1) is 12.9. The summed E-state index contributed by atoms with van der Waals surface area (Å²) < 4.78 is 4.99. The van der Waals surface area contributed by atoms with Gasteiger partial charge in [0.05, 0.1) is 5.69 Å². The molecule has 6 heteroatoms. The second-order valence-corrected chi connectivity index (χ2v) is 5.16. The molecule has 0 atom stereocenters. The smallest absolute Gasteiger partial charge is 0.396 e. The van der Waals surface area contributed by atoms with Gasteiger partial charge in [-0.25, -0.2) is 9.78 Å². The predicted octanol–water partition coefficient (Wildman–Crippen LogP) is 1.56. The molecule has 0 unspecified atom stereocenters. The minimum Gasteiger partial charge on any atom is -0.396 e. The van der Waals surface area contributed by atoms with Gasteiger partial charge < -0.3 is 15.2 Å². The van der Waals surface area contributed by atoms with E-state index in [4.69, 9.17) is 9.84 Å². The van der Waals surface area contributed by atoms with Crippen LogP contribution in [0.15, 0.2) is 5.38 Å². The van der Waals surface area contributed by atoms with Crippen LogP contribution < -0.4 is 10.1 Å². The highest BCUT2D eigenvalue weighted by Gasteiger charge is 2.16. The molecule has 0 aliphatic rings.